The molecule has 1 N–H and O–H groups in total. The maximum absolute atomic E-state index is 5.21. The summed E-state index contributed by atoms with van der Waals surface area (Å²) in [7, 11) is 3.69. The number of ether oxygens (including phenoxy) is 1. The van der Waals surface area contributed by atoms with Crippen LogP contribution in [0.2, 0.25) is 0 Å². The average molecular weight is 362 g/mol. The molecule has 0 fully saturated rings. The fourth-order valence-electron chi connectivity index (χ4n) is 1.83. The fraction of sp³-hybridized carbons (Fsp3) is 0.500. The topological polar surface area (TPSA) is 49.8 Å². The summed E-state index contributed by atoms with van der Waals surface area (Å²) in [5, 5.41) is 3.32. The second-order valence-electron chi connectivity index (χ2n) is 3.98. The van der Waals surface area contributed by atoms with E-state index in [1.165, 1.54) is 0 Å². The Hall–Kier alpha value is -1.05. The summed E-state index contributed by atoms with van der Waals surface area (Å²) in [6.45, 7) is 2.72. The molecule has 0 aliphatic carbocycles. The molecule has 0 aromatic carbocycles. The minimum atomic E-state index is 0. The number of nitrogens with one attached hydrogen (secondary N) is 1. The number of pyridine rings is 1. The van der Waals surface area contributed by atoms with Crippen LogP contribution < -0.4 is 10.1 Å². The molecule has 1 aromatic heterocycles. The average Bonchev–Trinajstić information content (AvgIpc) is 2.76. The van der Waals surface area contributed by atoms with Crippen molar-refractivity contribution in [2.75, 3.05) is 33.8 Å². The lowest BCUT2D eigenvalue weighted by Crippen LogP contribution is -2.36. The highest BCUT2D eigenvalue weighted by Crippen LogP contribution is 2.13. The van der Waals surface area contributed by atoms with Crippen LogP contribution >= 0.6 is 24.0 Å². The van der Waals surface area contributed by atoms with Gasteiger partial charge in [-0.25, -0.2) is 4.98 Å². The van der Waals surface area contributed by atoms with Gasteiger partial charge in [-0.1, -0.05) is 6.07 Å². The van der Waals surface area contributed by atoms with E-state index < -0.39 is 0 Å². The van der Waals surface area contributed by atoms with Crippen LogP contribution in [0.4, 0.5) is 0 Å². The molecule has 0 atom stereocenters. The Kier molecular flexibility index (Phi) is 6.17. The molecule has 0 spiro atoms. The van der Waals surface area contributed by atoms with Crippen LogP contribution in [0.25, 0.3) is 0 Å². The summed E-state index contributed by atoms with van der Waals surface area (Å²) in [5.41, 5.74) is 1.11. The highest BCUT2D eigenvalue weighted by molar-refractivity contribution is 14.0. The van der Waals surface area contributed by atoms with E-state index >= 15 is 0 Å². The number of hydrogen-bond acceptors (Lipinski definition) is 5. The number of halogens is 1. The van der Waals surface area contributed by atoms with E-state index in [9.17, 15) is 0 Å². The molecule has 1 aliphatic heterocycles. The molecule has 0 bridgehead atoms. The third-order valence-electron chi connectivity index (χ3n) is 2.78. The first kappa shape index (κ1) is 15.0. The van der Waals surface area contributed by atoms with Crippen LogP contribution in [-0.2, 0) is 6.42 Å². The molecule has 18 heavy (non-hydrogen) atoms. The summed E-state index contributed by atoms with van der Waals surface area (Å²) in [5.74, 6) is 1.68. The van der Waals surface area contributed by atoms with Gasteiger partial charge in [0, 0.05) is 31.9 Å². The quantitative estimate of drug-likeness (QED) is 0.817. The number of aromatic nitrogens is 1. The molecule has 6 heteroatoms. The molecule has 1 aliphatic rings. The highest BCUT2D eigenvalue weighted by Gasteiger charge is 2.11. The molecular weight excluding hydrogens is 343 g/mol. The van der Waals surface area contributed by atoms with Crippen molar-refractivity contribution in [1.82, 2.24) is 15.2 Å². The number of methoxy groups -OCH3 is 1. The van der Waals surface area contributed by atoms with E-state index in [0.29, 0.717) is 5.88 Å². The van der Waals surface area contributed by atoms with Gasteiger partial charge in [0.25, 0.3) is 0 Å². The molecule has 2 heterocycles. The van der Waals surface area contributed by atoms with Crippen LogP contribution in [0.5, 0.6) is 5.88 Å². The molecule has 0 radical (unpaired) electrons. The number of hydrogen-bond donors (Lipinski definition) is 1. The summed E-state index contributed by atoms with van der Waals surface area (Å²) in [4.78, 5) is 10.7. The minimum absolute atomic E-state index is 0. The summed E-state index contributed by atoms with van der Waals surface area (Å²) in [6.07, 6.45) is 2.62. The van der Waals surface area contributed by atoms with Gasteiger partial charge in [0.2, 0.25) is 5.88 Å². The van der Waals surface area contributed by atoms with Gasteiger partial charge in [0.05, 0.1) is 13.7 Å². The van der Waals surface area contributed by atoms with Crippen molar-refractivity contribution in [2.24, 2.45) is 4.99 Å². The zero-order chi connectivity index (χ0) is 12.1. The van der Waals surface area contributed by atoms with E-state index in [4.69, 9.17) is 4.74 Å². The molecule has 100 valence electrons. The molecule has 0 saturated heterocycles. The zero-order valence-electron chi connectivity index (χ0n) is 10.7. The molecule has 0 unspecified atom stereocenters. The first-order valence-corrected chi connectivity index (χ1v) is 5.78. The van der Waals surface area contributed by atoms with E-state index in [1.54, 1.807) is 13.3 Å². The molecular formula is C12H19IN4O. The number of likely N-dealkylation sites (N-methyl/N-ethyl adjacent to an activating group) is 1. The Balaban J connectivity index is 0.00000162. The van der Waals surface area contributed by atoms with Gasteiger partial charge in [-0.15, -0.1) is 24.0 Å². The van der Waals surface area contributed by atoms with Crippen molar-refractivity contribution in [3.05, 3.63) is 23.9 Å². The predicted molar refractivity (Wildman–Crippen MR) is 82.8 cm³/mol. The Bertz CT molecular complexity index is 411. The highest BCUT2D eigenvalue weighted by atomic mass is 127. The number of rotatable bonds is 4. The molecule has 1 aromatic rings. The normalized spacial score (nSPS) is 13.9. The number of aliphatic imine (C=N–C) groups is 1. The second-order valence-corrected chi connectivity index (χ2v) is 3.98. The monoisotopic (exact) mass is 362 g/mol. The standard InChI is InChI=1S/C12H18N4O.HI/c1-16-9-8-15-12(16)14-7-5-10-4-3-6-13-11(10)17-2;/h3-4,6H,5,7-9H2,1-2H3,(H,14,15);1H. The largest absolute Gasteiger partial charge is 0.481 e. The second kappa shape index (κ2) is 7.40. The van der Waals surface area contributed by atoms with Crippen LogP contribution in [0.3, 0.4) is 0 Å². The van der Waals surface area contributed by atoms with E-state index in [-0.39, 0.29) is 24.0 Å². The Labute approximate surface area is 125 Å². The third-order valence-corrected chi connectivity index (χ3v) is 2.78. The maximum Gasteiger partial charge on any atom is 0.216 e. The van der Waals surface area contributed by atoms with Crippen molar-refractivity contribution < 1.29 is 4.74 Å². The van der Waals surface area contributed by atoms with E-state index in [0.717, 1.165) is 37.6 Å². The van der Waals surface area contributed by atoms with Crippen LogP contribution in [0.1, 0.15) is 5.56 Å². The van der Waals surface area contributed by atoms with Gasteiger partial charge in [-0.2, -0.15) is 0 Å². The van der Waals surface area contributed by atoms with Crippen molar-refractivity contribution in [1.29, 1.82) is 0 Å². The van der Waals surface area contributed by atoms with Crippen molar-refractivity contribution >= 4 is 29.9 Å². The van der Waals surface area contributed by atoms with Crippen LogP contribution in [0.15, 0.2) is 23.3 Å². The third kappa shape index (κ3) is 3.72. The van der Waals surface area contributed by atoms with Crippen molar-refractivity contribution in [3.63, 3.8) is 0 Å². The van der Waals surface area contributed by atoms with Crippen LogP contribution in [-0.4, -0.2) is 49.6 Å². The van der Waals surface area contributed by atoms with Gasteiger partial charge >= 0.3 is 0 Å². The van der Waals surface area contributed by atoms with Crippen molar-refractivity contribution in [3.8, 4) is 5.88 Å². The zero-order valence-corrected chi connectivity index (χ0v) is 13.0. The predicted octanol–water partition coefficient (Wildman–Crippen LogP) is 1.14. The molecule has 0 saturated carbocycles. The van der Waals surface area contributed by atoms with E-state index in [1.807, 2.05) is 19.2 Å². The number of guanidine groups is 1. The first-order valence-electron chi connectivity index (χ1n) is 5.78. The summed E-state index contributed by atoms with van der Waals surface area (Å²) < 4.78 is 5.21. The molecule has 2 rings (SSSR count). The Morgan fingerprint density at radius 1 is 1.50 bits per heavy atom. The summed E-state index contributed by atoms with van der Waals surface area (Å²) >= 11 is 0. The van der Waals surface area contributed by atoms with Gasteiger partial charge in [-0.05, 0) is 12.5 Å². The smallest absolute Gasteiger partial charge is 0.216 e. The lowest BCUT2D eigenvalue weighted by atomic mass is 10.2. The number of nitrogens with zero attached hydrogens (tertiary/aromatic N) is 3. The molecule has 5 nitrogen and oxygen atoms in total. The van der Waals surface area contributed by atoms with Gasteiger partial charge < -0.3 is 15.0 Å². The van der Waals surface area contributed by atoms with Crippen molar-refractivity contribution in [2.45, 2.75) is 6.42 Å². The lowest BCUT2D eigenvalue weighted by molar-refractivity contribution is 0.392. The minimum Gasteiger partial charge on any atom is -0.481 e. The SMILES string of the molecule is COc1ncccc1CCNC1=NCCN1C.I. The van der Waals surface area contributed by atoms with Gasteiger partial charge in [0.1, 0.15) is 0 Å². The summed E-state index contributed by atoms with van der Waals surface area (Å²) in [6, 6.07) is 3.96. The lowest BCUT2D eigenvalue weighted by Gasteiger charge is -2.15. The fourth-order valence-corrected chi connectivity index (χ4v) is 1.83. The van der Waals surface area contributed by atoms with Gasteiger partial charge in [-0.3, -0.25) is 4.99 Å². The van der Waals surface area contributed by atoms with E-state index in [2.05, 4.69) is 20.2 Å². The Morgan fingerprint density at radius 2 is 2.33 bits per heavy atom. The first-order chi connectivity index (χ1) is 8.31. The maximum atomic E-state index is 5.21. The van der Waals surface area contributed by atoms with Gasteiger partial charge in [0.15, 0.2) is 5.96 Å². The Morgan fingerprint density at radius 3 is 3.00 bits per heavy atom. The molecule has 0 amide bonds. The van der Waals surface area contributed by atoms with Crippen LogP contribution in [0, 0.1) is 0 Å².